The van der Waals surface area contributed by atoms with Crippen LogP contribution in [0.5, 0.6) is 0 Å². The predicted octanol–water partition coefficient (Wildman–Crippen LogP) is 2.04. The van der Waals surface area contributed by atoms with Crippen molar-refractivity contribution in [3.8, 4) is 0 Å². The number of rotatable bonds is 4. The molecule has 0 radical (unpaired) electrons. The third-order valence-corrected chi connectivity index (χ3v) is 3.47. The Morgan fingerprint density at radius 3 is 2.95 bits per heavy atom. The van der Waals surface area contributed by atoms with Crippen LogP contribution < -0.4 is 11.1 Å². The minimum absolute atomic E-state index is 0.0887. The smallest absolute Gasteiger partial charge is 0.268 e. The van der Waals surface area contributed by atoms with Gasteiger partial charge in [-0.1, -0.05) is 6.07 Å². The zero-order chi connectivity index (χ0) is 14.1. The summed E-state index contributed by atoms with van der Waals surface area (Å²) in [6, 6.07) is 6.08. The Labute approximate surface area is 117 Å². The summed E-state index contributed by atoms with van der Waals surface area (Å²) >= 11 is 0. The quantitative estimate of drug-likeness (QED) is 0.893. The van der Waals surface area contributed by atoms with Gasteiger partial charge in [-0.3, -0.25) is 9.78 Å². The number of carbonyl (C=O) groups is 1. The number of amides is 1. The van der Waals surface area contributed by atoms with E-state index in [2.05, 4.69) is 10.3 Å². The summed E-state index contributed by atoms with van der Waals surface area (Å²) in [6.07, 6.45) is 5.87. The van der Waals surface area contributed by atoms with Gasteiger partial charge in [-0.25, -0.2) is 0 Å². The highest BCUT2D eigenvalue weighted by atomic mass is 16.1. The monoisotopic (exact) mass is 270 g/mol. The first-order valence-electron chi connectivity index (χ1n) is 6.80. The lowest BCUT2D eigenvalue weighted by Gasteiger charge is -2.08. The third-order valence-electron chi connectivity index (χ3n) is 3.47. The number of nitrogens with two attached hydrogens (primary N) is 1. The highest BCUT2D eigenvalue weighted by Crippen LogP contribution is 2.37. The van der Waals surface area contributed by atoms with E-state index in [1.165, 1.54) is 0 Å². The maximum atomic E-state index is 12.2. The number of aryl methyl sites for hydroxylation is 1. The number of hydrogen-bond donors (Lipinski definition) is 2. The fraction of sp³-hybridized carbons (Fsp3) is 0.333. The van der Waals surface area contributed by atoms with Crippen LogP contribution >= 0.6 is 0 Å². The third kappa shape index (κ3) is 2.66. The Balaban J connectivity index is 1.68. The van der Waals surface area contributed by atoms with Crippen LogP contribution in [0.3, 0.4) is 0 Å². The Morgan fingerprint density at radius 2 is 2.30 bits per heavy atom. The molecular formula is C15H18N4O. The van der Waals surface area contributed by atoms with Crippen LogP contribution in [-0.4, -0.2) is 15.5 Å². The summed E-state index contributed by atoms with van der Waals surface area (Å²) in [6.45, 7) is 2.41. The largest absolute Gasteiger partial charge is 0.397 e. The number of nitrogens with zero attached hydrogens (tertiary/aromatic N) is 2. The topological polar surface area (TPSA) is 72.9 Å². The average molecular weight is 270 g/mol. The molecule has 5 nitrogen and oxygen atoms in total. The second-order valence-electron chi connectivity index (χ2n) is 5.29. The summed E-state index contributed by atoms with van der Waals surface area (Å²) in [5.41, 5.74) is 9.03. The SMILES string of the molecule is Cc1ccc(CNC(=O)c2cc(N)cn2C2CC2)cn1. The van der Waals surface area contributed by atoms with E-state index in [4.69, 9.17) is 5.73 Å². The Hall–Kier alpha value is -2.30. The number of nitrogen functional groups attached to an aromatic ring is 1. The number of nitrogens with one attached hydrogen (secondary N) is 1. The number of pyridine rings is 1. The first kappa shape index (κ1) is 12.7. The van der Waals surface area contributed by atoms with Gasteiger partial charge in [0.2, 0.25) is 0 Å². The van der Waals surface area contributed by atoms with Crippen LogP contribution in [0, 0.1) is 6.92 Å². The van der Waals surface area contributed by atoms with E-state index in [0.717, 1.165) is 24.1 Å². The number of hydrogen-bond acceptors (Lipinski definition) is 3. The molecule has 2 heterocycles. The van der Waals surface area contributed by atoms with Crippen molar-refractivity contribution in [2.75, 3.05) is 5.73 Å². The van der Waals surface area contributed by atoms with E-state index in [9.17, 15) is 4.79 Å². The summed E-state index contributed by atoms with van der Waals surface area (Å²) in [5.74, 6) is -0.0887. The van der Waals surface area contributed by atoms with Crippen LogP contribution in [0.1, 0.15) is 40.6 Å². The van der Waals surface area contributed by atoms with Gasteiger partial charge in [-0.05, 0) is 37.5 Å². The second kappa shape index (κ2) is 5.00. The van der Waals surface area contributed by atoms with Crippen molar-refractivity contribution in [2.45, 2.75) is 32.4 Å². The molecule has 0 aromatic carbocycles. The summed E-state index contributed by atoms with van der Waals surface area (Å²) in [4.78, 5) is 16.5. The van der Waals surface area contributed by atoms with Crippen molar-refractivity contribution in [1.82, 2.24) is 14.9 Å². The molecule has 0 saturated heterocycles. The van der Waals surface area contributed by atoms with Crippen molar-refractivity contribution in [1.29, 1.82) is 0 Å². The van der Waals surface area contributed by atoms with E-state index in [-0.39, 0.29) is 5.91 Å². The van der Waals surface area contributed by atoms with Gasteiger partial charge in [-0.2, -0.15) is 0 Å². The van der Waals surface area contributed by atoms with E-state index in [1.807, 2.05) is 29.8 Å². The lowest BCUT2D eigenvalue weighted by molar-refractivity contribution is 0.0941. The molecule has 0 aliphatic heterocycles. The number of carbonyl (C=O) groups excluding carboxylic acids is 1. The highest BCUT2D eigenvalue weighted by Gasteiger charge is 2.27. The average Bonchev–Trinajstić information content (AvgIpc) is 3.20. The fourth-order valence-corrected chi connectivity index (χ4v) is 2.21. The summed E-state index contributed by atoms with van der Waals surface area (Å²) in [5, 5.41) is 2.92. The molecule has 1 aliphatic rings. The molecule has 104 valence electrons. The number of anilines is 1. The molecule has 0 atom stereocenters. The maximum Gasteiger partial charge on any atom is 0.268 e. The van der Waals surface area contributed by atoms with Gasteiger partial charge in [0.05, 0.1) is 5.69 Å². The fourth-order valence-electron chi connectivity index (χ4n) is 2.21. The van der Waals surface area contributed by atoms with Gasteiger partial charge >= 0.3 is 0 Å². The summed E-state index contributed by atoms with van der Waals surface area (Å²) < 4.78 is 1.98. The Bertz CT molecular complexity index is 626. The molecule has 1 fully saturated rings. The van der Waals surface area contributed by atoms with Crippen LogP contribution in [0.15, 0.2) is 30.6 Å². The van der Waals surface area contributed by atoms with E-state index >= 15 is 0 Å². The molecular weight excluding hydrogens is 252 g/mol. The molecule has 0 spiro atoms. The lowest BCUT2D eigenvalue weighted by Crippen LogP contribution is -2.25. The van der Waals surface area contributed by atoms with Crippen molar-refractivity contribution in [2.24, 2.45) is 0 Å². The number of aromatic nitrogens is 2. The molecule has 1 amide bonds. The molecule has 5 heteroatoms. The van der Waals surface area contributed by atoms with Crippen LogP contribution in [0.25, 0.3) is 0 Å². The first-order chi connectivity index (χ1) is 9.63. The normalized spacial score (nSPS) is 14.2. The van der Waals surface area contributed by atoms with Crippen LogP contribution in [0.2, 0.25) is 0 Å². The zero-order valence-electron chi connectivity index (χ0n) is 11.5. The molecule has 1 saturated carbocycles. The predicted molar refractivity (Wildman–Crippen MR) is 77.3 cm³/mol. The first-order valence-corrected chi connectivity index (χ1v) is 6.80. The van der Waals surface area contributed by atoms with Crippen molar-refractivity contribution in [3.63, 3.8) is 0 Å². The second-order valence-corrected chi connectivity index (χ2v) is 5.29. The van der Waals surface area contributed by atoms with Gasteiger partial charge < -0.3 is 15.6 Å². The van der Waals surface area contributed by atoms with E-state index in [0.29, 0.717) is 24.0 Å². The van der Waals surface area contributed by atoms with Gasteiger partial charge in [0.1, 0.15) is 5.69 Å². The highest BCUT2D eigenvalue weighted by molar-refractivity contribution is 5.93. The molecule has 2 aromatic rings. The Morgan fingerprint density at radius 1 is 1.50 bits per heavy atom. The van der Waals surface area contributed by atoms with E-state index in [1.54, 1.807) is 12.3 Å². The molecule has 20 heavy (non-hydrogen) atoms. The molecule has 0 unspecified atom stereocenters. The minimum atomic E-state index is -0.0887. The van der Waals surface area contributed by atoms with Crippen LogP contribution in [0.4, 0.5) is 5.69 Å². The molecule has 3 N–H and O–H groups in total. The molecule has 0 bridgehead atoms. The van der Waals surface area contributed by atoms with Crippen molar-refractivity contribution < 1.29 is 4.79 Å². The van der Waals surface area contributed by atoms with Gasteiger partial charge in [0.15, 0.2) is 0 Å². The van der Waals surface area contributed by atoms with E-state index < -0.39 is 0 Å². The summed E-state index contributed by atoms with van der Waals surface area (Å²) in [7, 11) is 0. The van der Waals surface area contributed by atoms with Gasteiger partial charge in [-0.15, -0.1) is 0 Å². The van der Waals surface area contributed by atoms with Crippen LogP contribution in [-0.2, 0) is 6.54 Å². The van der Waals surface area contributed by atoms with Gasteiger partial charge in [0.25, 0.3) is 5.91 Å². The molecule has 3 rings (SSSR count). The van der Waals surface area contributed by atoms with Gasteiger partial charge in [0, 0.05) is 30.7 Å². The minimum Gasteiger partial charge on any atom is -0.397 e. The Kier molecular flexibility index (Phi) is 3.18. The zero-order valence-corrected chi connectivity index (χ0v) is 11.5. The van der Waals surface area contributed by atoms with Crippen molar-refractivity contribution in [3.05, 3.63) is 47.5 Å². The maximum absolute atomic E-state index is 12.2. The van der Waals surface area contributed by atoms with Crippen molar-refractivity contribution >= 4 is 11.6 Å². The standard InChI is InChI=1S/C15H18N4O/c1-10-2-3-11(7-17-10)8-18-15(20)14-6-12(16)9-19(14)13-4-5-13/h2-3,6-7,9,13H,4-5,8,16H2,1H3,(H,18,20). The lowest BCUT2D eigenvalue weighted by atomic mass is 10.2. The molecule has 2 aromatic heterocycles. The molecule has 1 aliphatic carbocycles.